The lowest BCUT2D eigenvalue weighted by atomic mass is 9.88. The molecule has 0 aliphatic carbocycles. The molecule has 0 heterocycles. The topological polar surface area (TPSA) is 78.4 Å². The average molecular weight is 244 g/mol. The Morgan fingerprint density at radius 3 is 2.00 bits per heavy atom. The molecule has 5 heteroatoms. The van der Waals surface area contributed by atoms with Crippen molar-refractivity contribution < 1.29 is 14.7 Å². The lowest BCUT2D eigenvalue weighted by Gasteiger charge is -2.28. The lowest BCUT2D eigenvalue weighted by Crippen LogP contribution is -2.49. The van der Waals surface area contributed by atoms with Gasteiger partial charge in [-0.05, 0) is 26.2 Å². The first kappa shape index (κ1) is 15.7. The van der Waals surface area contributed by atoms with Crippen molar-refractivity contribution in [2.75, 3.05) is 6.54 Å². The van der Waals surface area contributed by atoms with Crippen LogP contribution in [0.2, 0.25) is 0 Å². The number of nitrogens with one attached hydrogen (secondary N) is 2. The van der Waals surface area contributed by atoms with Crippen LogP contribution < -0.4 is 10.6 Å². The number of amides is 2. The average Bonchev–Trinajstić information content (AvgIpc) is 2.13. The third-order valence-corrected chi connectivity index (χ3v) is 2.92. The van der Waals surface area contributed by atoms with E-state index in [1.165, 1.54) is 0 Å². The number of carboxylic acids is 1. The lowest BCUT2D eigenvalue weighted by molar-refractivity contribution is -0.146. The van der Waals surface area contributed by atoms with Crippen molar-refractivity contribution >= 4 is 12.0 Å². The van der Waals surface area contributed by atoms with Crippen LogP contribution >= 0.6 is 0 Å². The van der Waals surface area contributed by atoms with E-state index >= 15 is 0 Å². The van der Waals surface area contributed by atoms with Crippen molar-refractivity contribution in [1.82, 2.24) is 10.6 Å². The number of hydrogen-bond acceptors (Lipinski definition) is 2. The van der Waals surface area contributed by atoms with E-state index < -0.39 is 11.4 Å². The van der Waals surface area contributed by atoms with E-state index in [2.05, 4.69) is 10.6 Å². The fourth-order valence-corrected chi connectivity index (χ4v) is 0.841. The number of carbonyl (C=O) groups excluding carboxylic acids is 1. The highest BCUT2D eigenvalue weighted by atomic mass is 16.4. The zero-order valence-corrected chi connectivity index (χ0v) is 11.5. The fourth-order valence-electron chi connectivity index (χ4n) is 0.841. The van der Waals surface area contributed by atoms with Crippen molar-refractivity contribution in [1.29, 1.82) is 0 Å². The van der Waals surface area contributed by atoms with E-state index in [0.717, 1.165) is 0 Å². The Kier molecular flexibility index (Phi) is 4.98. The molecule has 1 unspecified atom stereocenters. The van der Waals surface area contributed by atoms with Crippen LogP contribution in [0.15, 0.2) is 0 Å². The van der Waals surface area contributed by atoms with Gasteiger partial charge in [-0.3, -0.25) is 4.79 Å². The summed E-state index contributed by atoms with van der Waals surface area (Å²) in [5, 5.41) is 14.3. The summed E-state index contributed by atoms with van der Waals surface area (Å²) in [6, 6.07) is -0.322. The maximum atomic E-state index is 11.6. The van der Waals surface area contributed by atoms with Crippen LogP contribution in [0.25, 0.3) is 0 Å². The van der Waals surface area contributed by atoms with Crippen LogP contribution in [-0.4, -0.2) is 29.7 Å². The summed E-state index contributed by atoms with van der Waals surface area (Å²) in [5.41, 5.74) is -0.984. The van der Waals surface area contributed by atoms with Crippen LogP contribution in [0.3, 0.4) is 0 Å². The zero-order chi connectivity index (χ0) is 13.9. The Bertz CT molecular complexity index is 293. The molecule has 3 N–H and O–H groups in total. The molecule has 17 heavy (non-hydrogen) atoms. The first-order valence-electron chi connectivity index (χ1n) is 5.74. The van der Waals surface area contributed by atoms with E-state index in [9.17, 15) is 9.59 Å². The molecule has 100 valence electrons. The quantitative estimate of drug-likeness (QED) is 0.706. The summed E-state index contributed by atoms with van der Waals surface area (Å²) in [4.78, 5) is 22.4. The standard InChI is InChI=1S/C12H24N2O3/c1-8(11(2,3)4)14-10(17)13-7-12(5,6)9(15)16/h8H,7H2,1-6H3,(H,15,16)(H2,13,14,17). The summed E-state index contributed by atoms with van der Waals surface area (Å²) in [5.74, 6) is -0.929. The first-order chi connectivity index (χ1) is 7.47. The highest BCUT2D eigenvalue weighted by Gasteiger charge is 2.28. The first-order valence-corrected chi connectivity index (χ1v) is 5.74. The summed E-state index contributed by atoms with van der Waals surface area (Å²) in [7, 11) is 0. The Labute approximate surface area is 103 Å². The molecular formula is C12H24N2O3. The Morgan fingerprint density at radius 1 is 1.18 bits per heavy atom. The normalized spacial score (nSPS) is 14.0. The number of rotatable bonds is 4. The van der Waals surface area contributed by atoms with E-state index in [-0.39, 0.29) is 24.0 Å². The van der Waals surface area contributed by atoms with E-state index in [4.69, 9.17) is 5.11 Å². The molecule has 2 amide bonds. The molecule has 0 spiro atoms. The maximum absolute atomic E-state index is 11.6. The van der Waals surface area contributed by atoms with Gasteiger partial charge >= 0.3 is 12.0 Å². The summed E-state index contributed by atoms with van der Waals surface area (Å²) in [6.45, 7) is 11.2. The molecule has 0 saturated heterocycles. The highest BCUT2D eigenvalue weighted by molar-refractivity contribution is 5.77. The molecule has 0 radical (unpaired) electrons. The van der Waals surface area contributed by atoms with Crippen LogP contribution in [-0.2, 0) is 4.79 Å². The molecule has 0 aliphatic rings. The van der Waals surface area contributed by atoms with Gasteiger partial charge < -0.3 is 15.7 Å². The largest absolute Gasteiger partial charge is 0.481 e. The van der Waals surface area contributed by atoms with Crippen molar-refractivity contribution in [2.24, 2.45) is 10.8 Å². The summed E-state index contributed by atoms with van der Waals surface area (Å²) < 4.78 is 0. The van der Waals surface area contributed by atoms with Crippen molar-refractivity contribution in [2.45, 2.75) is 47.6 Å². The van der Waals surface area contributed by atoms with Crippen molar-refractivity contribution in [3.05, 3.63) is 0 Å². The molecule has 5 nitrogen and oxygen atoms in total. The second-order valence-corrected chi connectivity index (χ2v) is 6.10. The van der Waals surface area contributed by atoms with Gasteiger partial charge in [-0.25, -0.2) is 4.79 Å². The van der Waals surface area contributed by atoms with Crippen molar-refractivity contribution in [3.63, 3.8) is 0 Å². The summed E-state index contributed by atoms with van der Waals surface area (Å²) >= 11 is 0. The molecule has 0 bridgehead atoms. The minimum atomic E-state index is -0.956. The second-order valence-electron chi connectivity index (χ2n) is 6.10. The van der Waals surface area contributed by atoms with Gasteiger partial charge in [0.15, 0.2) is 0 Å². The molecule has 0 saturated carbocycles. The van der Waals surface area contributed by atoms with Gasteiger partial charge in [0.25, 0.3) is 0 Å². The van der Waals surface area contributed by atoms with Crippen LogP contribution in [0.5, 0.6) is 0 Å². The Balaban J connectivity index is 4.18. The van der Waals surface area contributed by atoms with Gasteiger partial charge in [-0.2, -0.15) is 0 Å². The molecule has 0 rings (SSSR count). The predicted molar refractivity (Wildman–Crippen MR) is 66.9 cm³/mol. The minimum Gasteiger partial charge on any atom is -0.481 e. The number of urea groups is 1. The smallest absolute Gasteiger partial charge is 0.315 e. The highest BCUT2D eigenvalue weighted by Crippen LogP contribution is 2.18. The number of carboxylic acid groups (broad SMARTS) is 1. The second kappa shape index (κ2) is 5.38. The Morgan fingerprint density at radius 2 is 1.65 bits per heavy atom. The molecule has 0 fully saturated rings. The van der Waals surface area contributed by atoms with E-state index in [0.29, 0.717) is 0 Å². The van der Waals surface area contributed by atoms with Crippen LogP contribution in [0.1, 0.15) is 41.5 Å². The van der Waals surface area contributed by atoms with Gasteiger partial charge in [0, 0.05) is 12.6 Å². The molecule has 0 aromatic carbocycles. The molecule has 0 aromatic rings. The Hall–Kier alpha value is -1.26. The molecular weight excluding hydrogens is 220 g/mol. The van der Waals surface area contributed by atoms with Gasteiger partial charge in [0.05, 0.1) is 5.41 Å². The predicted octanol–water partition coefficient (Wildman–Crippen LogP) is 1.83. The van der Waals surface area contributed by atoms with E-state index in [1.807, 2.05) is 27.7 Å². The maximum Gasteiger partial charge on any atom is 0.315 e. The molecule has 0 aromatic heterocycles. The van der Waals surface area contributed by atoms with Gasteiger partial charge in [0.1, 0.15) is 0 Å². The minimum absolute atomic E-state index is 0.00967. The number of carbonyl (C=O) groups is 2. The number of hydrogen-bond donors (Lipinski definition) is 3. The summed E-state index contributed by atoms with van der Waals surface area (Å²) in [6.07, 6.45) is 0. The van der Waals surface area contributed by atoms with Gasteiger partial charge in [0.2, 0.25) is 0 Å². The monoisotopic (exact) mass is 244 g/mol. The van der Waals surface area contributed by atoms with Gasteiger partial charge in [-0.1, -0.05) is 20.8 Å². The van der Waals surface area contributed by atoms with Crippen LogP contribution in [0.4, 0.5) is 4.79 Å². The zero-order valence-electron chi connectivity index (χ0n) is 11.5. The molecule has 0 aliphatic heterocycles. The number of aliphatic carboxylic acids is 1. The third kappa shape index (κ3) is 5.56. The van der Waals surface area contributed by atoms with E-state index in [1.54, 1.807) is 13.8 Å². The van der Waals surface area contributed by atoms with Gasteiger partial charge in [-0.15, -0.1) is 0 Å². The van der Waals surface area contributed by atoms with Crippen molar-refractivity contribution in [3.8, 4) is 0 Å². The third-order valence-electron chi connectivity index (χ3n) is 2.92. The molecule has 1 atom stereocenters. The SMILES string of the molecule is CC(NC(=O)NCC(C)(C)C(=O)O)C(C)(C)C. The van der Waals surface area contributed by atoms with Crippen LogP contribution in [0, 0.1) is 10.8 Å². The fraction of sp³-hybridized carbons (Fsp3) is 0.833.